The molecule has 1 N–H and O–H groups in total. The lowest BCUT2D eigenvalue weighted by Gasteiger charge is -2.42. The number of benzene rings is 3. The maximum atomic E-state index is 10.6. The van der Waals surface area contributed by atoms with E-state index in [1.54, 1.807) is 6.07 Å². The molecular weight excluding hydrogens is 282 g/mol. The number of anilines is 3. The van der Waals surface area contributed by atoms with Crippen LogP contribution in [0.3, 0.4) is 0 Å². The first kappa shape index (κ1) is 13.9. The van der Waals surface area contributed by atoms with E-state index in [0.717, 1.165) is 22.6 Å². The molecule has 0 fully saturated rings. The molecule has 0 aromatic heterocycles. The van der Waals surface area contributed by atoms with Gasteiger partial charge in [0, 0.05) is 11.1 Å². The van der Waals surface area contributed by atoms with Crippen molar-refractivity contribution >= 4 is 17.1 Å². The van der Waals surface area contributed by atoms with Crippen molar-refractivity contribution in [3.8, 4) is 5.75 Å². The van der Waals surface area contributed by atoms with Crippen LogP contribution in [0.25, 0.3) is 0 Å². The Morgan fingerprint density at radius 3 is 2.17 bits per heavy atom. The lowest BCUT2D eigenvalue weighted by atomic mass is 9.73. The van der Waals surface area contributed by atoms with Gasteiger partial charge in [0.15, 0.2) is 0 Å². The highest BCUT2D eigenvalue weighted by Crippen LogP contribution is 2.54. The third-order valence-corrected chi connectivity index (χ3v) is 4.74. The highest BCUT2D eigenvalue weighted by atomic mass is 16.3. The molecule has 0 bridgehead atoms. The average molecular weight is 301 g/mol. The highest BCUT2D eigenvalue weighted by Gasteiger charge is 2.37. The van der Waals surface area contributed by atoms with Crippen LogP contribution in [0.15, 0.2) is 72.8 Å². The second kappa shape index (κ2) is 4.88. The monoisotopic (exact) mass is 301 g/mol. The van der Waals surface area contributed by atoms with Gasteiger partial charge in [0.1, 0.15) is 5.75 Å². The minimum absolute atomic E-state index is 0.157. The van der Waals surface area contributed by atoms with Crippen LogP contribution < -0.4 is 4.90 Å². The van der Waals surface area contributed by atoms with Crippen LogP contribution in [0, 0.1) is 0 Å². The van der Waals surface area contributed by atoms with Crippen LogP contribution in [0.5, 0.6) is 5.75 Å². The SMILES string of the molecule is CC1(C)c2ccccc2N(c2ccccc2)c2c(O)cccc21. The van der Waals surface area contributed by atoms with Crippen molar-refractivity contribution in [2.75, 3.05) is 4.90 Å². The molecule has 2 nitrogen and oxygen atoms in total. The van der Waals surface area contributed by atoms with Crippen molar-refractivity contribution in [1.82, 2.24) is 0 Å². The summed E-state index contributed by atoms with van der Waals surface area (Å²) in [7, 11) is 0. The summed E-state index contributed by atoms with van der Waals surface area (Å²) < 4.78 is 0. The molecule has 114 valence electrons. The Morgan fingerprint density at radius 2 is 1.39 bits per heavy atom. The zero-order valence-electron chi connectivity index (χ0n) is 13.3. The van der Waals surface area contributed by atoms with Crippen LogP contribution in [-0.4, -0.2) is 5.11 Å². The van der Waals surface area contributed by atoms with Crippen molar-refractivity contribution in [3.63, 3.8) is 0 Å². The first-order chi connectivity index (χ1) is 11.1. The second-order valence-electron chi connectivity index (χ2n) is 6.49. The van der Waals surface area contributed by atoms with Crippen LogP contribution in [0.4, 0.5) is 17.1 Å². The maximum absolute atomic E-state index is 10.6. The quantitative estimate of drug-likeness (QED) is 0.641. The number of aromatic hydroxyl groups is 1. The van der Waals surface area contributed by atoms with Gasteiger partial charge >= 0.3 is 0 Å². The van der Waals surface area contributed by atoms with Crippen LogP contribution >= 0.6 is 0 Å². The normalized spacial score (nSPS) is 15.0. The van der Waals surface area contributed by atoms with Crippen molar-refractivity contribution in [2.45, 2.75) is 19.3 Å². The predicted molar refractivity (Wildman–Crippen MR) is 94.9 cm³/mol. The highest BCUT2D eigenvalue weighted by molar-refractivity contribution is 5.88. The summed E-state index contributed by atoms with van der Waals surface area (Å²) in [5.41, 5.74) is 5.30. The van der Waals surface area contributed by atoms with Crippen LogP contribution in [0.2, 0.25) is 0 Å². The number of para-hydroxylation sites is 3. The Balaban J connectivity index is 2.09. The molecule has 0 saturated heterocycles. The Hall–Kier alpha value is -2.74. The molecule has 1 aliphatic heterocycles. The average Bonchev–Trinajstić information content (AvgIpc) is 2.57. The first-order valence-corrected chi connectivity index (χ1v) is 7.88. The fraction of sp³-hybridized carbons (Fsp3) is 0.143. The van der Waals surface area contributed by atoms with Crippen LogP contribution in [0.1, 0.15) is 25.0 Å². The van der Waals surface area contributed by atoms with Gasteiger partial charge < -0.3 is 10.0 Å². The van der Waals surface area contributed by atoms with E-state index in [4.69, 9.17) is 0 Å². The molecule has 0 saturated carbocycles. The molecular formula is C21H19NO. The van der Waals surface area contributed by atoms with Gasteiger partial charge in [-0.1, -0.05) is 62.4 Å². The van der Waals surface area contributed by atoms with Gasteiger partial charge in [-0.25, -0.2) is 0 Å². The smallest absolute Gasteiger partial charge is 0.139 e. The summed E-state index contributed by atoms with van der Waals surface area (Å²) in [6.45, 7) is 4.43. The number of hydrogen-bond donors (Lipinski definition) is 1. The Labute approximate surface area is 136 Å². The van der Waals surface area contributed by atoms with E-state index >= 15 is 0 Å². The molecule has 0 aliphatic carbocycles. The van der Waals surface area contributed by atoms with Gasteiger partial charge in [-0.05, 0) is 35.4 Å². The minimum atomic E-state index is -0.157. The standard InChI is InChI=1S/C21H19NO/c1-21(2)16-11-6-7-13-18(16)22(15-9-4-3-5-10-15)20-17(21)12-8-14-19(20)23/h3-14,23H,1-2H3. The third-order valence-electron chi connectivity index (χ3n) is 4.74. The fourth-order valence-electron chi connectivity index (χ4n) is 3.58. The molecule has 0 radical (unpaired) electrons. The van der Waals surface area contributed by atoms with E-state index in [-0.39, 0.29) is 5.41 Å². The minimum Gasteiger partial charge on any atom is -0.506 e. The van der Waals surface area contributed by atoms with E-state index in [9.17, 15) is 5.11 Å². The molecule has 4 rings (SSSR count). The second-order valence-corrected chi connectivity index (χ2v) is 6.49. The first-order valence-electron chi connectivity index (χ1n) is 7.88. The Kier molecular flexibility index (Phi) is 2.95. The van der Waals surface area contributed by atoms with Gasteiger partial charge in [-0.15, -0.1) is 0 Å². The largest absolute Gasteiger partial charge is 0.506 e. The summed E-state index contributed by atoms with van der Waals surface area (Å²) >= 11 is 0. The number of hydrogen-bond acceptors (Lipinski definition) is 2. The Bertz CT molecular complexity index is 868. The summed E-state index contributed by atoms with van der Waals surface area (Å²) in [5, 5.41) is 10.6. The lowest BCUT2D eigenvalue weighted by molar-refractivity contribution is 0.472. The number of nitrogens with zero attached hydrogens (tertiary/aromatic N) is 1. The van der Waals surface area contributed by atoms with Gasteiger partial charge in [0.05, 0.1) is 11.4 Å². The zero-order chi connectivity index (χ0) is 16.0. The topological polar surface area (TPSA) is 23.5 Å². The van der Waals surface area contributed by atoms with Crippen molar-refractivity contribution in [1.29, 1.82) is 0 Å². The van der Waals surface area contributed by atoms with Gasteiger partial charge in [0.2, 0.25) is 0 Å². The number of rotatable bonds is 1. The molecule has 0 amide bonds. The van der Waals surface area contributed by atoms with Crippen molar-refractivity contribution in [2.24, 2.45) is 0 Å². The van der Waals surface area contributed by atoms with E-state index in [2.05, 4.69) is 61.2 Å². The summed E-state index contributed by atoms with van der Waals surface area (Å²) in [6.07, 6.45) is 0. The van der Waals surface area contributed by atoms with Crippen LogP contribution in [-0.2, 0) is 5.41 Å². The lowest BCUT2D eigenvalue weighted by Crippen LogP contribution is -2.30. The maximum Gasteiger partial charge on any atom is 0.139 e. The molecule has 0 spiro atoms. The fourth-order valence-corrected chi connectivity index (χ4v) is 3.58. The predicted octanol–water partition coefficient (Wildman–Crippen LogP) is 5.50. The summed E-state index contributed by atoms with van der Waals surface area (Å²) in [4.78, 5) is 2.16. The molecule has 1 heterocycles. The molecule has 0 atom stereocenters. The van der Waals surface area contributed by atoms with E-state index in [0.29, 0.717) is 5.75 Å². The van der Waals surface area contributed by atoms with E-state index in [1.807, 2.05) is 24.3 Å². The number of fused-ring (bicyclic) bond motifs is 2. The number of phenolic OH excluding ortho intramolecular Hbond substituents is 1. The molecule has 3 aromatic rings. The molecule has 0 unspecified atom stereocenters. The third kappa shape index (κ3) is 1.95. The summed E-state index contributed by atoms with van der Waals surface area (Å²) in [6, 6.07) is 24.4. The van der Waals surface area contributed by atoms with Gasteiger partial charge in [-0.2, -0.15) is 0 Å². The van der Waals surface area contributed by atoms with Crippen molar-refractivity contribution < 1.29 is 5.11 Å². The van der Waals surface area contributed by atoms with Gasteiger partial charge in [0.25, 0.3) is 0 Å². The van der Waals surface area contributed by atoms with Gasteiger partial charge in [-0.3, -0.25) is 0 Å². The number of phenols is 1. The molecule has 3 aromatic carbocycles. The zero-order valence-corrected chi connectivity index (χ0v) is 13.3. The van der Waals surface area contributed by atoms with E-state index in [1.165, 1.54) is 5.56 Å². The van der Waals surface area contributed by atoms with Crippen molar-refractivity contribution in [3.05, 3.63) is 83.9 Å². The summed E-state index contributed by atoms with van der Waals surface area (Å²) in [5.74, 6) is 0.314. The molecule has 23 heavy (non-hydrogen) atoms. The molecule has 1 aliphatic rings. The Morgan fingerprint density at radius 1 is 0.739 bits per heavy atom. The van der Waals surface area contributed by atoms with E-state index < -0.39 is 0 Å². The molecule has 2 heteroatoms.